The van der Waals surface area contributed by atoms with Gasteiger partial charge < -0.3 is 11.1 Å². The summed E-state index contributed by atoms with van der Waals surface area (Å²) in [5, 5.41) is 3.42. The van der Waals surface area contributed by atoms with E-state index < -0.39 is 11.9 Å². The van der Waals surface area contributed by atoms with Crippen LogP contribution in [0.25, 0.3) is 10.6 Å². The maximum Gasteiger partial charge on any atom is 0.263 e. The van der Waals surface area contributed by atoms with Crippen molar-refractivity contribution in [3.63, 3.8) is 0 Å². The zero-order chi connectivity index (χ0) is 16.9. The summed E-state index contributed by atoms with van der Waals surface area (Å²) in [5.41, 5.74) is 7.01. The molecule has 120 valence electrons. The Kier molecular flexibility index (Phi) is 4.67. The van der Waals surface area contributed by atoms with Crippen LogP contribution in [0.15, 0.2) is 66.9 Å². The second-order valence-electron chi connectivity index (χ2n) is 5.12. The molecule has 0 spiro atoms. The lowest BCUT2D eigenvalue weighted by atomic mass is 10.1. The molecule has 3 N–H and O–H groups in total. The Morgan fingerprint density at radius 1 is 1.00 bits per heavy atom. The molecule has 0 saturated heterocycles. The molecule has 3 rings (SSSR count). The number of nitrogens with one attached hydrogen (secondary N) is 1. The Bertz CT molecular complexity index is 847. The number of carbonyl (C=O) groups is 2. The first-order valence-electron chi connectivity index (χ1n) is 7.31. The number of aromatic nitrogens is 1. The smallest absolute Gasteiger partial charge is 0.263 e. The van der Waals surface area contributed by atoms with Crippen LogP contribution in [-0.4, -0.2) is 16.8 Å². The number of thiazole rings is 1. The molecule has 2 amide bonds. The van der Waals surface area contributed by atoms with Crippen LogP contribution in [0, 0.1) is 0 Å². The summed E-state index contributed by atoms with van der Waals surface area (Å²) in [4.78, 5) is 28.8. The molecular formula is C18H15N3O2S. The summed E-state index contributed by atoms with van der Waals surface area (Å²) in [6, 6.07) is 17.6. The van der Waals surface area contributed by atoms with Crippen LogP contribution in [0.4, 0.5) is 0 Å². The van der Waals surface area contributed by atoms with Crippen molar-refractivity contribution in [1.82, 2.24) is 10.3 Å². The van der Waals surface area contributed by atoms with Crippen LogP contribution in [0.1, 0.15) is 21.3 Å². The summed E-state index contributed by atoms with van der Waals surface area (Å²) in [7, 11) is 0. The maximum atomic E-state index is 12.4. The molecule has 6 heteroatoms. The van der Waals surface area contributed by atoms with E-state index in [0.29, 0.717) is 10.4 Å². The lowest BCUT2D eigenvalue weighted by molar-refractivity contribution is -0.120. The molecule has 1 aromatic heterocycles. The Balaban J connectivity index is 1.79. The van der Waals surface area contributed by atoms with Crippen molar-refractivity contribution in [1.29, 1.82) is 0 Å². The number of hydrogen-bond donors (Lipinski definition) is 2. The minimum Gasteiger partial charge on any atom is -0.368 e. The van der Waals surface area contributed by atoms with E-state index in [2.05, 4.69) is 10.3 Å². The lowest BCUT2D eigenvalue weighted by Crippen LogP contribution is -2.37. The minimum atomic E-state index is -0.874. The third-order valence-electron chi connectivity index (χ3n) is 3.44. The van der Waals surface area contributed by atoms with Crippen LogP contribution in [0.3, 0.4) is 0 Å². The van der Waals surface area contributed by atoms with E-state index in [0.717, 1.165) is 10.6 Å². The highest BCUT2D eigenvalue weighted by Gasteiger charge is 2.22. The van der Waals surface area contributed by atoms with E-state index in [-0.39, 0.29) is 5.91 Å². The van der Waals surface area contributed by atoms with Gasteiger partial charge in [-0.15, -0.1) is 11.3 Å². The lowest BCUT2D eigenvalue weighted by Gasteiger charge is -2.15. The molecule has 0 unspecified atom stereocenters. The highest BCUT2D eigenvalue weighted by Crippen LogP contribution is 2.25. The molecule has 0 fully saturated rings. The highest BCUT2D eigenvalue weighted by atomic mass is 32.1. The van der Waals surface area contributed by atoms with Gasteiger partial charge in [0.25, 0.3) is 5.91 Å². The van der Waals surface area contributed by atoms with Crippen LogP contribution in [0.5, 0.6) is 0 Å². The van der Waals surface area contributed by atoms with Gasteiger partial charge in [0.2, 0.25) is 5.91 Å². The van der Waals surface area contributed by atoms with Crippen LogP contribution in [-0.2, 0) is 4.79 Å². The first-order chi connectivity index (χ1) is 11.6. The average Bonchev–Trinajstić information content (AvgIpc) is 3.11. The molecule has 2 aromatic carbocycles. The number of carbonyl (C=O) groups excluding carboxylic acids is 2. The van der Waals surface area contributed by atoms with Gasteiger partial charge in [-0.1, -0.05) is 60.7 Å². The molecule has 0 aliphatic heterocycles. The van der Waals surface area contributed by atoms with Crippen molar-refractivity contribution in [2.75, 3.05) is 0 Å². The molecule has 0 bridgehead atoms. The summed E-state index contributed by atoms with van der Waals surface area (Å²) < 4.78 is 0. The van der Waals surface area contributed by atoms with Crippen LogP contribution in [0.2, 0.25) is 0 Å². The Morgan fingerprint density at radius 3 is 2.25 bits per heavy atom. The van der Waals surface area contributed by atoms with Gasteiger partial charge in [-0.2, -0.15) is 0 Å². The van der Waals surface area contributed by atoms with Gasteiger partial charge >= 0.3 is 0 Å². The van der Waals surface area contributed by atoms with Gasteiger partial charge in [-0.05, 0) is 5.56 Å². The van der Waals surface area contributed by atoms with E-state index in [4.69, 9.17) is 5.73 Å². The topological polar surface area (TPSA) is 85.1 Å². The molecule has 0 radical (unpaired) electrons. The molecular weight excluding hydrogens is 322 g/mol. The number of nitrogens with zero attached hydrogens (tertiary/aromatic N) is 1. The molecule has 5 nitrogen and oxygen atoms in total. The number of benzene rings is 2. The van der Waals surface area contributed by atoms with Crippen molar-refractivity contribution >= 4 is 23.2 Å². The van der Waals surface area contributed by atoms with Crippen molar-refractivity contribution in [3.05, 3.63) is 77.3 Å². The quantitative estimate of drug-likeness (QED) is 0.751. The number of primary amides is 1. The van der Waals surface area contributed by atoms with E-state index in [1.807, 2.05) is 36.4 Å². The predicted molar refractivity (Wildman–Crippen MR) is 93.4 cm³/mol. The first kappa shape index (κ1) is 15.9. The largest absolute Gasteiger partial charge is 0.368 e. The number of rotatable bonds is 5. The highest BCUT2D eigenvalue weighted by molar-refractivity contribution is 7.16. The normalized spacial score (nSPS) is 11.7. The maximum absolute atomic E-state index is 12.4. The second kappa shape index (κ2) is 7.06. The minimum absolute atomic E-state index is 0.373. The fourth-order valence-electron chi connectivity index (χ4n) is 2.26. The standard InChI is InChI=1S/C18H15N3O2S/c19-16(22)15(12-7-3-1-4-8-12)21-17(23)14-11-20-18(24-14)13-9-5-2-6-10-13/h1-11,15H,(H2,19,22)(H,21,23)/t15-/m0/s1. The van der Waals surface area contributed by atoms with E-state index in [1.54, 1.807) is 24.3 Å². The number of amides is 2. The Labute approximate surface area is 143 Å². The Morgan fingerprint density at radius 2 is 1.62 bits per heavy atom. The molecule has 1 atom stereocenters. The van der Waals surface area contributed by atoms with Crippen molar-refractivity contribution < 1.29 is 9.59 Å². The van der Waals surface area contributed by atoms with Crippen LogP contribution >= 0.6 is 11.3 Å². The predicted octanol–water partition coefficient (Wildman–Crippen LogP) is 2.77. The van der Waals surface area contributed by atoms with Crippen molar-refractivity contribution in [2.24, 2.45) is 5.73 Å². The van der Waals surface area contributed by atoms with Gasteiger partial charge in [0.15, 0.2) is 0 Å². The van der Waals surface area contributed by atoms with E-state index in [1.165, 1.54) is 17.5 Å². The van der Waals surface area contributed by atoms with Gasteiger partial charge in [-0.25, -0.2) is 4.98 Å². The summed E-state index contributed by atoms with van der Waals surface area (Å²) in [5.74, 6) is -0.982. The van der Waals surface area contributed by atoms with Gasteiger partial charge in [0.1, 0.15) is 15.9 Å². The SMILES string of the molecule is NC(=O)[C@@H](NC(=O)c1cnc(-c2ccccc2)s1)c1ccccc1. The van der Waals surface area contributed by atoms with Gasteiger partial charge in [-0.3, -0.25) is 9.59 Å². The molecule has 24 heavy (non-hydrogen) atoms. The van der Waals surface area contributed by atoms with E-state index >= 15 is 0 Å². The fourth-order valence-corrected chi connectivity index (χ4v) is 3.08. The Hall–Kier alpha value is -2.99. The average molecular weight is 337 g/mol. The number of hydrogen-bond acceptors (Lipinski definition) is 4. The molecule has 3 aromatic rings. The third kappa shape index (κ3) is 3.49. The number of nitrogens with two attached hydrogens (primary N) is 1. The zero-order valence-electron chi connectivity index (χ0n) is 12.7. The third-order valence-corrected chi connectivity index (χ3v) is 4.49. The van der Waals surface area contributed by atoms with Crippen molar-refractivity contribution in [2.45, 2.75) is 6.04 Å². The van der Waals surface area contributed by atoms with E-state index in [9.17, 15) is 9.59 Å². The monoisotopic (exact) mass is 337 g/mol. The molecule has 1 heterocycles. The summed E-state index contributed by atoms with van der Waals surface area (Å²) in [6.45, 7) is 0. The molecule has 0 aliphatic carbocycles. The van der Waals surface area contributed by atoms with Crippen LogP contribution < -0.4 is 11.1 Å². The summed E-state index contributed by atoms with van der Waals surface area (Å²) in [6.07, 6.45) is 1.51. The molecule has 0 saturated carbocycles. The first-order valence-corrected chi connectivity index (χ1v) is 8.13. The molecule has 0 aliphatic rings. The van der Waals surface area contributed by atoms with Gasteiger partial charge in [0.05, 0.1) is 6.20 Å². The fraction of sp³-hybridized carbons (Fsp3) is 0.0556. The van der Waals surface area contributed by atoms with Gasteiger partial charge in [0, 0.05) is 5.56 Å². The summed E-state index contributed by atoms with van der Waals surface area (Å²) >= 11 is 1.27. The van der Waals surface area contributed by atoms with Crippen molar-refractivity contribution in [3.8, 4) is 10.6 Å². The second-order valence-corrected chi connectivity index (χ2v) is 6.15. The zero-order valence-corrected chi connectivity index (χ0v) is 13.5.